The summed E-state index contributed by atoms with van der Waals surface area (Å²) in [6.07, 6.45) is 4.40. The molecular weight excluding hydrogens is 334 g/mol. The van der Waals surface area contributed by atoms with Crippen molar-refractivity contribution in [1.82, 2.24) is 9.38 Å². The van der Waals surface area contributed by atoms with Gasteiger partial charge in [-0.25, -0.2) is 4.98 Å². The zero-order valence-electron chi connectivity index (χ0n) is 16.4. The number of rotatable bonds is 6. The Morgan fingerprint density at radius 3 is 2.52 bits per heavy atom. The van der Waals surface area contributed by atoms with Crippen LogP contribution in [0.4, 0.5) is 0 Å². The van der Waals surface area contributed by atoms with E-state index in [4.69, 9.17) is 4.98 Å². The van der Waals surface area contributed by atoms with E-state index in [2.05, 4.69) is 38.1 Å². The first-order valence-corrected chi connectivity index (χ1v) is 9.92. The molecule has 0 radical (unpaired) electrons. The molecule has 0 amide bonds. The lowest BCUT2D eigenvalue weighted by Crippen LogP contribution is -3.10. The molecule has 1 fully saturated rings. The van der Waals surface area contributed by atoms with Crippen LogP contribution in [0.1, 0.15) is 55.0 Å². The van der Waals surface area contributed by atoms with Gasteiger partial charge in [0, 0.05) is 30.7 Å². The third-order valence-corrected chi connectivity index (χ3v) is 5.50. The molecule has 2 heterocycles. The maximum Gasteiger partial charge on any atom is 0.258 e. The minimum atomic E-state index is 0.00938. The third-order valence-electron chi connectivity index (χ3n) is 5.50. The highest BCUT2D eigenvalue weighted by Gasteiger charge is 2.33. The second kappa shape index (κ2) is 7.28. The van der Waals surface area contributed by atoms with E-state index in [-0.39, 0.29) is 5.56 Å². The number of aromatic nitrogens is 2. The summed E-state index contributed by atoms with van der Waals surface area (Å²) in [5, 5.41) is 0. The summed E-state index contributed by atoms with van der Waals surface area (Å²) in [7, 11) is 0. The smallest absolute Gasteiger partial charge is 0.258 e. The highest BCUT2D eigenvalue weighted by Crippen LogP contribution is 2.18. The molecule has 0 aliphatic heterocycles. The van der Waals surface area contributed by atoms with E-state index < -0.39 is 0 Å². The molecule has 1 aliphatic rings. The standard InChI is InChI=1S/C23H27N3O/c1-16(2)19-7-5-18(6-8-19)14-25(21-9-10-21)15-20-12-23(27)26-13-17(3)4-11-22(26)24-20/h4-8,11-13,16,21H,9-10,14-15H2,1-3H3/p+1. The maximum absolute atomic E-state index is 12.5. The average Bonchev–Trinajstić information content (AvgIpc) is 3.47. The van der Waals surface area contributed by atoms with Crippen LogP contribution in [0.15, 0.2) is 53.5 Å². The first-order chi connectivity index (χ1) is 13.0. The normalized spacial score (nSPS) is 15.4. The quantitative estimate of drug-likeness (QED) is 0.732. The van der Waals surface area contributed by atoms with Gasteiger partial charge >= 0.3 is 0 Å². The lowest BCUT2D eigenvalue weighted by molar-refractivity contribution is -0.938. The number of pyridine rings is 1. The molecular formula is C23H28N3O+. The van der Waals surface area contributed by atoms with Crippen LogP contribution >= 0.6 is 0 Å². The Morgan fingerprint density at radius 2 is 1.85 bits per heavy atom. The molecule has 4 nitrogen and oxygen atoms in total. The van der Waals surface area contributed by atoms with Crippen molar-refractivity contribution in [2.75, 3.05) is 0 Å². The molecule has 2 aromatic heterocycles. The fourth-order valence-electron chi connectivity index (χ4n) is 3.71. The summed E-state index contributed by atoms with van der Waals surface area (Å²) in [5.74, 6) is 0.560. The number of quaternary nitrogens is 1. The van der Waals surface area contributed by atoms with Crippen molar-refractivity contribution in [3.8, 4) is 0 Å². The van der Waals surface area contributed by atoms with Crippen LogP contribution in [0.25, 0.3) is 5.65 Å². The minimum Gasteiger partial charge on any atom is -0.324 e. The molecule has 1 N–H and O–H groups in total. The van der Waals surface area contributed by atoms with Gasteiger partial charge in [0.15, 0.2) is 0 Å². The Hall–Kier alpha value is -2.46. The van der Waals surface area contributed by atoms with Crippen LogP contribution in [0, 0.1) is 6.92 Å². The highest BCUT2D eigenvalue weighted by molar-refractivity contribution is 5.39. The Labute approximate surface area is 160 Å². The van der Waals surface area contributed by atoms with E-state index in [9.17, 15) is 4.79 Å². The predicted octanol–water partition coefficient (Wildman–Crippen LogP) is 2.87. The molecule has 140 valence electrons. The fourth-order valence-corrected chi connectivity index (χ4v) is 3.71. The Kier molecular flexibility index (Phi) is 4.83. The van der Waals surface area contributed by atoms with E-state index in [0.29, 0.717) is 12.0 Å². The van der Waals surface area contributed by atoms with Crippen molar-refractivity contribution in [3.05, 3.63) is 81.4 Å². The van der Waals surface area contributed by atoms with Gasteiger partial charge in [0.25, 0.3) is 5.56 Å². The van der Waals surface area contributed by atoms with Crippen LogP contribution in [-0.2, 0) is 13.1 Å². The SMILES string of the molecule is Cc1ccc2nc(C[NH+](Cc3ccc(C(C)C)cc3)C3CC3)cc(=O)n2c1. The van der Waals surface area contributed by atoms with Crippen LogP contribution < -0.4 is 10.5 Å². The zero-order chi connectivity index (χ0) is 19.0. The summed E-state index contributed by atoms with van der Waals surface area (Å²) in [5.41, 5.74) is 5.44. The fraction of sp³-hybridized carbons (Fsp3) is 0.391. The molecule has 0 spiro atoms. The summed E-state index contributed by atoms with van der Waals surface area (Å²) >= 11 is 0. The van der Waals surface area contributed by atoms with E-state index in [0.717, 1.165) is 30.0 Å². The van der Waals surface area contributed by atoms with Crippen molar-refractivity contribution in [3.63, 3.8) is 0 Å². The number of benzene rings is 1. The van der Waals surface area contributed by atoms with E-state index in [1.807, 2.05) is 25.3 Å². The van der Waals surface area contributed by atoms with E-state index in [1.165, 1.54) is 28.9 Å². The zero-order valence-corrected chi connectivity index (χ0v) is 16.4. The molecule has 1 saturated carbocycles. The molecule has 3 aromatic rings. The molecule has 0 saturated heterocycles. The molecule has 1 unspecified atom stereocenters. The molecule has 1 atom stereocenters. The lowest BCUT2D eigenvalue weighted by Gasteiger charge is -2.19. The second-order valence-corrected chi connectivity index (χ2v) is 8.20. The maximum atomic E-state index is 12.5. The summed E-state index contributed by atoms with van der Waals surface area (Å²) in [6.45, 7) is 8.22. The number of nitrogens with zero attached hydrogens (tertiary/aromatic N) is 2. The Bertz CT molecular complexity index is 1000. The topological polar surface area (TPSA) is 38.8 Å². The van der Waals surface area contributed by atoms with E-state index in [1.54, 1.807) is 10.5 Å². The Balaban J connectivity index is 1.56. The number of hydrogen-bond donors (Lipinski definition) is 1. The Morgan fingerprint density at radius 1 is 1.11 bits per heavy atom. The van der Waals surface area contributed by atoms with Crippen molar-refractivity contribution >= 4 is 5.65 Å². The number of hydrogen-bond acceptors (Lipinski definition) is 2. The number of aryl methyl sites for hydroxylation is 1. The predicted molar refractivity (Wildman–Crippen MR) is 108 cm³/mol. The molecule has 0 bridgehead atoms. The van der Waals surface area contributed by atoms with Crippen LogP contribution in [0.2, 0.25) is 0 Å². The van der Waals surface area contributed by atoms with Crippen LogP contribution in [0.5, 0.6) is 0 Å². The first-order valence-electron chi connectivity index (χ1n) is 9.92. The molecule has 4 rings (SSSR count). The van der Waals surface area contributed by atoms with Crippen molar-refractivity contribution in [2.24, 2.45) is 0 Å². The molecule has 27 heavy (non-hydrogen) atoms. The van der Waals surface area contributed by atoms with Gasteiger partial charge in [-0.15, -0.1) is 0 Å². The molecule has 1 aromatic carbocycles. The van der Waals surface area contributed by atoms with Gasteiger partial charge in [0.1, 0.15) is 24.4 Å². The lowest BCUT2D eigenvalue weighted by atomic mass is 10.0. The second-order valence-electron chi connectivity index (χ2n) is 8.20. The van der Waals surface area contributed by atoms with Gasteiger partial charge in [0.05, 0.1) is 6.04 Å². The molecule has 4 heteroatoms. The molecule has 1 aliphatic carbocycles. The van der Waals surface area contributed by atoms with Gasteiger partial charge in [-0.05, 0) is 30.0 Å². The van der Waals surface area contributed by atoms with Gasteiger partial charge in [-0.3, -0.25) is 9.20 Å². The van der Waals surface area contributed by atoms with Crippen molar-refractivity contribution in [2.45, 2.75) is 58.7 Å². The summed E-state index contributed by atoms with van der Waals surface area (Å²) < 4.78 is 1.64. The van der Waals surface area contributed by atoms with E-state index >= 15 is 0 Å². The number of nitrogens with one attached hydrogen (secondary N) is 1. The van der Waals surface area contributed by atoms with Gasteiger partial charge < -0.3 is 4.90 Å². The summed E-state index contributed by atoms with van der Waals surface area (Å²) in [6, 6.07) is 15.3. The van der Waals surface area contributed by atoms with Gasteiger partial charge in [-0.2, -0.15) is 0 Å². The number of fused-ring (bicyclic) bond motifs is 1. The van der Waals surface area contributed by atoms with Gasteiger partial charge in [-0.1, -0.05) is 44.2 Å². The minimum absolute atomic E-state index is 0.00938. The van der Waals surface area contributed by atoms with Gasteiger partial charge in [0.2, 0.25) is 0 Å². The third kappa shape index (κ3) is 4.11. The average molecular weight is 362 g/mol. The van der Waals surface area contributed by atoms with Crippen molar-refractivity contribution in [1.29, 1.82) is 0 Å². The van der Waals surface area contributed by atoms with Crippen molar-refractivity contribution < 1.29 is 4.90 Å². The first kappa shape index (κ1) is 17.9. The largest absolute Gasteiger partial charge is 0.324 e. The highest BCUT2D eigenvalue weighted by atomic mass is 16.1. The van der Waals surface area contributed by atoms with Crippen LogP contribution in [-0.4, -0.2) is 15.4 Å². The summed E-state index contributed by atoms with van der Waals surface area (Å²) in [4.78, 5) is 18.8. The monoisotopic (exact) mass is 362 g/mol. The van der Waals surface area contributed by atoms with Crippen LogP contribution in [0.3, 0.4) is 0 Å².